The fourth-order valence-corrected chi connectivity index (χ4v) is 2.66. The molecule has 1 aromatic heterocycles. The minimum absolute atomic E-state index is 0.0517. The van der Waals surface area contributed by atoms with Crippen LogP contribution < -0.4 is 0 Å². The SMILES string of the molecule is CC(C)(C)c1[nH]ncc1CN(CCO)CCc1ccccc1. The van der Waals surface area contributed by atoms with Crippen molar-refractivity contribution in [3.05, 3.63) is 53.3 Å². The maximum absolute atomic E-state index is 9.33. The average molecular weight is 301 g/mol. The zero-order chi connectivity index (χ0) is 16.0. The van der Waals surface area contributed by atoms with Crippen LogP contribution in [0.5, 0.6) is 0 Å². The number of aliphatic hydroxyl groups excluding tert-OH is 1. The molecular weight excluding hydrogens is 274 g/mol. The molecule has 2 aromatic rings. The summed E-state index contributed by atoms with van der Waals surface area (Å²) in [6.45, 7) is 9.16. The molecule has 0 unspecified atom stereocenters. The molecule has 120 valence electrons. The van der Waals surface area contributed by atoms with Crippen LogP contribution in [0, 0.1) is 0 Å². The van der Waals surface area contributed by atoms with Crippen LogP contribution in [0.3, 0.4) is 0 Å². The van der Waals surface area contributed by atoms with Crippen LogP contribution in [0.2, 0.25) is 0 Å². The average Bonchev–Trinajstić information content (AvgIpc) is 2.94. The lowest BCUT2D eigenvalue weighted by atomic mass is 9.89. The molecule has 0 aliphatic carbocycles. The van der Waals surface area contributed by atoms with Gasteiger partial charge in [0.1, 0.15) is 0 Å². The highest BCUT2D eigenvalue weighted by Crippen LogP contribution is 2.24. The van der Waals surface area contributed by atoms with Crippen molar-refractivity contribution in [2.45, 2.75) is 39.2 Å². The molecule has 1 heterocycles. The van der Waals surface area contributed by atoms with Gasteiger partial charge in [0, 0.05) is 36.3 Å². The maximum atomic E-state index is 9.33. The van der Waals surface area contributed by atoms with Gasteiger partial charge in [-0.1, -0.05) is 51.1 Å². The van der Waals surface area contributed by atoms with Crippen LogP contribution in [0.25, 0.3) is 0 Å². The van der Waals surface area contributed by atoms with E-state index in [0.717, 1.165) is 19.5 Å². The van der Waals surface area contributed by atoms with Crippen molar-refractivity contribution >= 4 is 0 Å². The predicted octanol–water partition coefficient (Wildman–Crippen LogP) is 2.74. The minimum atomic E-state index is 0.0517. The Morgan fingerprint density at radius 3 is 2.50 bits per heavy atom. The Labute approximate surface area is 133 Å². The third kappa shape index (κ3) is 4.68. The molecule has 2 N–H and O–H groups in total. The zero-order valence-corrected chi connectivity index (χ0v) is 13.8. The van der Waals surface area contributed by atoms with E-state index in [4.69, 9.17) is 0 Å². The Kier molecular flexibility index (Phi) is 5.75. The standard InChI is InChI=1S/C18H27N3O/c1-18(2,3)17-16(13-19-20-17)14-21(11-12-22)10-9-15-7-5-4-6-8-15/h4-8,13,22H,9-12,14H2,1-3H3,(H,19,20). The Hall–Kier alpha value is -1.65. The van der Waals surface area contributed by atoms with Crippen LogP contribution >= 0.6 is 0 Å². The number of rotatable bonds is 7. The summed E-state index contributed by atoms with van der Waals surface area (Å²) in [5, 5.41) is 16.7. The molecule has 22 heavy (non-hydrogen) atoms. The van der Waals surface area contributed by atoms with Gasteiger partial charge < -0.3 is 5.11 Å². The van der Waals surface area contributed by atoms with Crippen LogP contribution in [-0.2, 0) is 18.4 Å². The number of aromatic nitrogens is 2. The van der Waals surface area contributed by atoms with E-state index in [1.807, 2.05) is 12.3 Å². The summed E-state index contributed by atoms with van der Waals surface area (Å²) in [6.07, 6.45) is 2.90. The Morgan fingerprint density at radius 2 is 1.86 bits per heavy atom. The van der Waals surface area contributed by atoms with Crippen LogP contribution in [-0.4, -0.2) is 39.9 Å². The molecular formula is C18H27N3O. The molecule has 0 aliphatic rings. The van der Waals surface area contributed by atoms with Crippen molar-refractivity contribution < 1.29 is 5.11 Å². The molecule has 4 heteroatoms. The molecule has 1 aromatic carbocycles. The number of aromatic amines is 1. The molecule has 2 rings (SSSR count). The normalized spacial score (nSPS) is 12.0. The first-order chi connectivity index (χ1) is 10.5. The summed E-state index contributed by atoms with van der Waals surface area (Å²) < 4.78 is 0. The molecule has 0 saturated carbocycles. The smallest absolute Gasteiger partial charge is 0.0558 e. The lowest BCUT2D eigenvalue weighted by molar-refractivity contribution is 0.191. The second-order valence-electron chi connectivity index (χ2n) is 6.76. The second kappa shape index (κ2) is 7.56. The Morgan fingerprint density at radius 1 is 1.14 bits per heavy atom. The summed E-state index contributed by atoms with van der Waals surface area (Å²) >= 11 is 0. The quantitative estimate of drug-likeness (QED) is 0.827. The third-order valence-corrected chi connectivity index (χ3v) is 3.84. The van der Waals surface area contributed by atoms with E-state index in [9.17, 15) is 5.11 Å². The van der Waals surface area contributed by atoms with Gasteiger partial charge in [-0.05, 0) is 12.0 Å². The number of aliphatic hydroxyl groups is 1. The number of nitrogens with zero attached hydrogens (tertiary/aromatic N) is 2. The van der Waals surface area contributed by atoms with E-state index < -0.39 is 0 Å². The first-order valence-electron chi connectivity index (χ1n) is 7.90. The molecule has 0 atom stereocenters. The van der Waals surface area contributed by atoms with E-state index in [0.29, 0.717) is 6.54 Å². The van der Waals surface area contributed by atoms with E-state index in [2.05, 4.69) is 60.1 Å². The number of hydrogen-bond donors (Lipinski definition) is 2. The summed E-state index contributed by atoms with van der Waals surface area (Å²) in [5.41, 5.74) is 3.77. The highest BCUT2D eigenvalue weighted by Gasteiger charge is 2.21. The number of hydrogen-bond acceptors (Lipinski definition) is 3. The van der Waals surface area contributed by atoms with Crippen molar-refractivity contribution in [3.8, 4) is 0 Å². The molecule has 0 saturated heterocycles. The number of H-pyrrole nitrogens is 1. The first kappa shape index (κ1) is 16.7. The van der Waals surface area contributed by atoms with Crippen molar-refractivity contribution in [2.24, 2.45) is 0 Å². The highest BCUT2D eigenvalue weighted by atomic mass is 16.3. The van der Waals surface area contributed by atoms with E-state index >= 15 is 0 Å². The van der Waals surface area contributed by atoms with Gasteiger partial charge in [-0.2, -0.15) is 5.10 Å². The van der Waals surface area contributed by atoms with Gasteiger partial charge in [0.25, 0.3) is 0 Å². The predicted molar refractivity (Wildman–Crippen MR) is 89.8 cm³/mol. The maximum Gasteiger partial charge on any atom is 0.0558 e. The van der Waals surface area contributed by atoms with E-state index in [1.165, 1.54) is 16.8 Å². The van der Waals surface area contributed by atoms with Gasteiger partial charge >= 0.3 is 0 Å². The zero-order valence-electron chi connectivity index (χ0n) is 13.8. The summed E-state index contributed by atoms with van der Waals surface area (Å²) in [5.74, 6) is 0. The van der Waals surface area contributed by atoms with Gasteiger partial charge in [-0.3, -0.25) is 10.00 Å². The lowest BCUT2D eigenvalue weighted by Gasteiger charge is -2.24. The molecule has 0 fully saturated rings. The fourth-order valence-electron chi connectivity index (χ4n) is 2.66. The molecule has 0 bridgehead atoms. The molecule has 0 spiro atoms. The molecule has 0 aliphatic heterocycles. The summed E-state index contributed by atoms with van der Waals surface area (Å²) in [4.78, 5) is 2.28. The van der Waals surface area contributed by atoms with Crippen LogP contribution in [0.4, 0.5) is 0 Å². The van der Waals surface area contributed by atoms with Crippen LogP contribution in [0.1, 0.15) is 37.6 Å². The Bertz CT molecular complexity index is 557. The van der Waals surface area contributed by atoms with Gasteiger partial charge in [0.2, 0.25) is 0 Å². The highest BCUT2D eigenvalue weighted by molar-refractivity contribution is 5.23. The minimum Gasteiger partial charge on any atom is -0.395 e. The second-order valence-corrected chi connectivity index (χ2v) is 6.76. The number of benzene rings is 1. The van der Waals surface area contributed by atoms with Crippen molar-refractivity contribution in [2.75, 3.05) is 19.7 Å². The van der Waals surface area contributed by atoms with Gasteiger partial charge in [0.15, 0.2) is 0 Å². The lowest BCUT2D eigenvalue weighted by Crippen LogP contribution is -2.29. The van der Waals surface area contributed by atoms with Gasteiger partial charge in [0.05, 0.1) is 12.8 Å². The van der Waals surface area contributed by atoms with Gasteiger partial charge in [-0.25, -0.2) is 0 Å². The topological polar surface area (TPSA) is 52.2 Å². The van der Waals surface area contributed by atoms with E-state index in [1.54, 1.807) is 0 Å². The fraction of sp³-hybridized carbons (Fsp3) is 0.500. The van der Waals surface area contributed by atoms with Crippen molar-refractivity contribution in [1.29, 1.82) is 0 Å². The number of nitrogens with one attached hydrogen (secondary N) is 1. The summed E-state index contributed by atoms with van der Waals surface area (Å²) in [7, 11) is 0. The van der Waals surface area contributed by atoms with Crippen LogP contribution in [0.15, 0.2) is 36.5 Å². The summed E-state index contributed by atoms with van der Waals surface area (Å²) in [6, 6.07) is 10.5. The first-order valence-corrected chi connectivity index (χ1v) is 7.90. The Balaban J connectivity index is 2.01. The third-order valence-electron chi connectivity index (χ3n) is 3.84. The molecule has 0 amide bonds. The molecule has 4 nitrogen and oxygen atoms in total. The van der Waals surface area contributed by atoms with Crippen molar-refractivity contribution in [3.63, 3.8) is 0 Å². The van der Waals surface area contributed by atoms with E-state index in [-0.39, 0.29) is 12.0 Å². The van der Waals surface area contributed by atoms with Gasteiger partial charge in [-0.15, -0.1) is 0 Å². The molecule has 0 radical (unpaired) electrons. The monoisotopic (exact) mass is 301 g/mol. The van der Waals surface area contributed by atoms with Crippen molar-refractivity contribution in [1.82, 2.24) is 15.1 Å². The largest absolute Gasteiger partial charge is 0.395 e.